The third-order valence-electron chi connectivity index (χ3n) is 2.28. The van der Waals surface area contributed by atoms with Crippen molar-refractivity contribution in [2.45, 2.75) is 32.2 Å². The molecule has 0 spiro atoms. The Hall–Kier alpha value is -0.340. The zero-order valence-corrected chi connectivity index (χ0v) is 7.92. The van der Waals surface area contributed by atoms with Crippen molar-refractivity contribution in [2.24, 2.45) is 0 Å². The molecular formula is C10H19NO. The van der Waals surface area contributed by atoms with Gasteiger partial charge in [0, 0.05) is 19.1 Å². The molecule has 0 amide bonds. The van der Waals surface area contributed by atoms with Crippen LogP contribution in [0.15, 0.2) is 12.2 Å². The average molecular weight is 169 g/mol. The molecule has 1 aliphatic carbocycles. The minimum atomic E-state index is 0.284. The summed E-state index contributed by atoms with van der Waals surface area (Å²) < 4.78 is 0. The fraction of sp³-hybridized carbons (Fsp3) is 0.800. The van der Waals surface area contributed by atoms with E-state index in [1.54, 1.807) is 0 Å². The molecule has 0 bridgehead atoms. The first-order valence-corrected chi connectivity index (χ1v) is 4.73. The Balaban J connectivity index is 2.18. The van der Waals surface area contributed by atoms with Gasteiger partial charge in [0.15, 0.2) is 0 Å². The maximum absolute atomic E-state index is 8.81. The first kappa shape index (κ1) is 9.75. The molecule has 0 aromatic heterocycles. The molecule has 0 atom stereocenters. The van der Waals surface area contributed by atoms with Gasteiger partial charge in [-0.2, -0.15) is 0 Å². The minimum absolute atomic E-state index is 0.284. The van der Waals surface area contributed by atoms with Crippen LogP contribution in [0.2, 0.25) is 0 Å². The predicted molar refractivity (Wildman–Crippen MR) is 51.1 cm³/mol. The van der Waals surface area contributed by atoms with Crippen molar-refractivity contribution in [3.05, 3.63) is 12.2 Å². The maximum Gasteiger partial charge on any atom is 0.0558 e. The van der Waals surface area contributed by atoms with Crippen molar-refractivity contribution in [3.8, 4) is 0 Å². The molecule has 2 heteroatoms. The molecule has 1 N–H and O–H groups in total. The lowest BCUT2D eigenvalue weighted by Crippen LogP contribution is -2.30. The van der Waals surface area contributed by atoms with Gasteiger partial charge in [-0.1, -0.05) is 5.57 Å². The lowest BCUT2D eigenvalue weighted by Gasteiger charge is -2.20. The molecule has 0 saturated heterocycles. The number of rotatable bonds is 6. The van der Waals surface area contributed by atoms with E-state index in [4.69, 9.17) is 5.11 Å². The predicted octanol–water partition coefficient (Wildman–Crippen LogP) is 1.41. The van der Waals surface area contributed by atoms with Crippen LogP contribution < -0.4 is 0 Å². The Bertz CT molecular complexity index is 152. The Morgan fingerprint density at radius 3 is 2.58 bits per heavy atom. The van der Waals surface area contributed by atoms with Crippen molar-refractivity contribution in [2.75, 3.05) is 19.7 Å². The van der Waals surface area contributed by atoms with E-state index in [-0.39, 0.29) is 6.61 Å². The number of aliphatic hydroxyl groups is 1. The molecule has 1 fully saturated rings. The second-order valence-electron chi connectivity index (χ2n) is 3.70. The average Bonchev–Trinajstić information content (AvgIpc) is 2.79. The van der Waals surface area contributed by atoms with Crippen LogP contribution >= 0.6 is 0 Å². The van der Waals surface area contributed by atoms with Gasteiger partial charge in [0.25, 0.3) is 0 Å². The summed E-state index contributed by atoms with van der Waals surface area (Å²) in [5, 5.41) is 8.81. The van der Waals surface area contributed by atoms with E-state index in [2.05, 4.69) is 18.4 Å². The van der Waals surface area contributed by atoms with Crippen LogP contribution in [0.25, 0.3) is 0 Å². The fourth-order valence-electron chi connectivity index (χ4n) is 1.38. The summed E-state index contributed by atoms with van der Waals surface area (Å²) >= 11 is 0. The lowest BCUT2D eigenvalue weighted by molar-refractivity contribution is 0.190. The highest BCUT2D eigenvalue weighted by Gasteiger charge is 2.27. The zero-order chi connectivity index (χ0) is 8.97. The van der Waals surface area contributed by atoms with E-state index in [0.717, 1.165) is 25.6 Å². The van der Waals surface area contributed by atoms with Gasteiger partial charge in [-0.25, -0.2) is 0 Å². The van der Waals surface area contributed by atoms with Crippen LogP contribution in [0.4, 0.5) is 0 Å². The zero-order valence-electron chi connectivity index (χ0n) is 7.92. The highest BCUT2D eigenvalue weighted by atomic mass is 16.3. The summed E-state index contributed by atoms with van der Waals surface area (Å²) in [6.07, 6.45) is 3.70. The highest BCUT2D eigenvalue weighted by Crippen LogP contribution is 2.26. The van der Waals surface area contributed by atoms with Crippen molar-refractivity contribution in [1.29, 1.82) is 0 Å². The van der Waals surface area contributed by atoms with Gasteiger partial charge in [-0.05, 0) is 26.2 Å². The van der Waals surface area contributed by atoms with Crippen molar-refractivity contribution >= 4 is 0 Å². The number of hydrogen-bond acceptors (Lipinski definition) is 2. The molecule has 2 nitrogen and oxygen atoms in total. The molecule has 0 aromatic carbocycles. The number of nitrogens with zero attached hydrogens (tertiary/aromatic N) is 1. The van der Waals surface area contributed by atoms with Crippen LogP contribution in [0.1, 0.15) is 26.2 Å². The summed E-state index contributed by atoms with van der Waals surface area (Å²) in [5.41, 5.74) is 1.23. The van der Waals surface area contributed by atoms with E-state index < -0.39 is 0 Å². The SMILES string of the molecule is C=C(C)CCN(CCO)C1CC1. The van der Waals surface area contributed by atoms with Crippen LogP contribution in [0.3, 0.4) is 0 Å². The fourth-order valence-corrected chi connectivity index (χ4v) is 1.38. The number of hydrogen-bond donors (Lipinski definition) is 1. The van der Waals surface area contributed by atoms with Crippen LogP contribution in [-0.4, -0.2) is 35.7 Å². The number of aliphatic hydroxyl groups excluding tert-OH is 1. The van der Waals surface area contributed by atoms with Crippen LogP contribution in [-0.2, 0) is 0 Å². The summed E-state index contributed by atoms with van der Waals surface area (Å²) in [4.78, 5) is 2.37. The van der Waals surface area contributed by atoms with Crippen molar-refractivity contribution < 1.29 is 5.11 Å². The molecule has 0 unspecified atom stereocenters. The molecule has 12 heavy (non-hydrogen) atoms. The van der Waals surface area contributed by atoms with Gasteiger partial charge >= 0.3 is 0 Å². The first-order chi connectivity index (χ1) is 5.74. The second kappa shape index (κ2) is 4.63. The van der Waals surface area contributed by atoms with Crippen molar-refractivity contribution in [3.63, 3.8) is 0 Å². The van der Waals surface area contributed by atoms with E-state index in [9.17, 15) is 0 Å². The topological polar surface area (TPSA) is 23.5 Å². The molecular weight excluding hydrogens is 150 g/mol. The summed E-state index contributed by atoms with van der Waals surface area (Å²) in [6, 6.07) is 0.761. The van der Waals surface area contributed by atoms with Crippen LogP contribution in [0.5, 0.6) is 0 Å². The maximum atomic E-state index is 8.81. The van der Waals surface area contributed by atoms with E-state index in [0.29, 0.717) is 0 Å². The summed E-state index contributed by atoms with van der Waals surface area (Å²) in [7, 11) is 0. The molecule has 1 aliphatic rings. The highest BCUT2D eigenvalue weighted by molar-refractivity contribution is 4.91. The van der Waals surface area contributed by atoms with Crippen LogP contribution in [0, 0.1) is 0 Å². The van der Waals surface area contributed by atoms with Gasteiger partial charge in [-0.15, -0.1) is 6.58 Å². The molecule has 70 valence electrons. The quantitative estimate of drug-likeness (QED) is 0.608. The van der Waals surface area contributed by atoms with E-state index >= 15 is 0 Å². The lowest BCUT2D eigenvalue weighted by atomic mass is 10.2. The van der Waals surface area contributed by atoms with Gasteiger partial charge in [0.2, 0.25) is 0 Å². The van der Waals surface area contributed by atoms with E-state index in [1.807, 2.05) is 0 Å². The summed E-state index contributed by atoms with van der Waals surface area (Å²) in [6.45, 7) is 8.12. The smallest absolute Gasteiger partial charge is 0.0558 e. The van der Waals surface area contributed by atoms with Crippen molar-refractivity contribution in [1.82, 2.24) is 4.90 Å². The Morgan fingerprint density at radius 2 is 2.17 bits per heavy atom. The standard InChI is InChI=1S/C10H19NO/c1-9(2)5-6-11(7-8-12)10-3-4-10/h10,12H,1,3-8H2,2H3. The third kappa shape index (κ3) is 3.37. The van der Waals surface area contributed by atoms with Gasteiger partial charge in [-0.3, -0.25) is 4.90 Å². The minimum Gasteiger partial charge on any atom is -0.395 e. The Morgan fingerprint density at radius 1 is 1.50 bits per heavy atom. The second-order valence-corrected chi connectivity index (χ2v) is 3.70. The summed E-state index contributed by atoms with van der Waals surface area (Å²) in [5.74, 6) is 0. The largest absolute Gasteiger partial charge is 0.395 e. The Labute approximate surface area is 74.9 Å². The van der Waals surface area contributed by atoms with E-state index in [1.165, 1.54) is 18.4 Å². The van der Waals surface area contributed by atoms with Gasteiger partial charge in [0.05, 0.1) is 6.61 Å². The first-order valence-electron chi connectivity index (χ1n) is 4.73. The molecule has 0 aliphatic heterocycles. The molecule has 0 heterocycles. The van der Waals surface area contributed by atoms with Gasteiger partial charge < -0.3 is 5.11 Å². The monoisotopic (exact) mass is 169 g/mol. The molecule has 0 aromatic rings. The normalized spacial score (nSPS) is 16.9. The third-order valence-corrected chi connectivity index (χ3v) is 2.28. The molecule has 1 rings (SSSR count). The molecule has 0 radical (unpaired) electrons. The Kier molecular flexibility index (Phi) is 3.76. The van der Waals surface area contributed by atoms with Gasteiger partial charge in [0.1, 0.15) is 0 Å². The molecule has 1 saturated carbocycles.